The van der Waals surface area contributed by atoms with Gasteiger partial charge in [-0.2, -0.15) is 5.10 Å². The number of aromatic nitrogens is 3. The van der Waals surface area contributed by atoms with Gasteiger partial charge in [-0.3, -0.25) is 4.68 Å². The second kappa shape index (κ2) is 2.54. The van der Waals surface area contributed by atoms with Crippen molar-refractivity contribution >= 4 is 32.5 Å². The average Bonchev–Trinajstić information content (AvgIpc) is 2.68. The van der Waals surface area contributed by atoms with Crippen LogP contribution in [0.4, 0.5) is 0 Å². The zero-order chi connectivity index (χ0) is 9.71. The van der Waals surface area contributed by atoms with Gasteiger partial charge in [-0.1, -0.05) is 0 Å². The maximum Gasteiger partial charge on any atom is 0.0908 e. The monoisotopic (exact) mass is 203 g/mol. The lowest BCUT2D eigenvalue weighted by molar-refractivity contribution is 0.799. The van der Waals surface area contributed by atoms with Crippen molar-refractivity contribution in [2.45, 2.75) is 6.92 Å². The first-order valence-electron chi connectivity index (χ1n) is 4.43. The second-order valence-corrected chi connectivity index (χ2v) is 4.56. The van der Waals surface area contributed by atoms with Crippen molar-refractivity contribution in [3.63, 3.8) is 0 Å². The summed E-state index contributed by atoms with van der Waals surface area (Å²) in [6.07, 6.45) is 1.89. The number of thiazole rings is 1. The maximum absolute atomic E-state index is 4.46. The van der Waals surface area contributed by atoms with Crippen molar-refractivity contribution < 1.29 is 0 Å². The molecule has 0 unspecified atom stereocenters. The van der Waals surface area contributed by atoms with Gasteiger partial charge in [0.05, 0.1) is 26.9 Å². The number of aryl methyl sites for hydroxylation is 2. The van der Waals surface area contributed by atoms with Gasteiger partial charge in [-0.25, -0.2) is 4.98 Å². The van der Waals surface area contributed by atoms with Crippen molar-refractivity contribution in [3.05, 3.63) is 23.3 Å². The number of fused-ring (bicyclic) bond motifs is 3. The van der Waals surface area contributed by atoms with E-state index in [0.717, 1.165) is 10.5 Å². The fraction of sp³-hybridized carbons (Fsp3) is 0.200. The predicted molar refractivity (Wildman–Crippen MR) is 58.6 cm³/mol. The van der Waals surface area contributed by atoms with Crippen LogP contribution in [0, 0.1) is 6.92 Å². The second-order valence-electron chi connectivity index (χ2n) is 3.35. The zero-order valence-corrected chi connectivity index (χ0v) is 8.80. The molecule has 0 saturated carbocycles. The van der Waals surface area contributed by atoms with Crippen molar-refractivity contribution in [1.29, 1.82) is 0 Å². The van der Waals surface area contributed by atoms with Crippen LogP contribution in [0.25, 0.3) is 21.1 Å². The highest BCUT2D eigenvalue weighted by Gasteiger charge is 2.08. The Balaban J connectivity index is 2.64. The molecule has 0 spiro atoms. The number of hydrogen-bond donors (Lipinski definition) is 0. The highest BCUT2D eigenvalue weighted by molar-refractivity contribution is 7.19. The minimum absolute atomic E-state index is 1.07. The van der Waals surface area contributed by atoms with Gasteiger partial charge in [0, 0.05) is 12.4 Å². The smallest absolute Gasteiger partial charge is 0.0908 e. The van der Waals surface area contributed by atoms with Gasteiger partial charge in [0.1, 0.15) is 0 Å². The van der Waals surface area contributed by atoms with Crippen molar-refractivity contribution in [1.82, 2.24) is 14.8 Å². The first kappa shape index (κ1) is 7.94. The van der Waals surface area contributed by atoms with E-state index >= 15 is 0 Å². The van der Waals surface area contributed by atoms with Gasteiger partial charge < -0.3 is 0 Å². The fourth-order valence-electron chi connectivity index (χ4n) is 1.75. The minimum Gasteiger partial charge on any atom is -0.266 e. The molecule has 70 valence electrons. The van der Waals surface area contributed by atoms with Crippen molar-refractivity contribution in [2.24, 2.45) is 7.05 Å². The van der Waals surface area contributed by atoms with Crippen LogP contribution in [0.1, 0.15) is 5.01 Å². The van der Waals surface area contributed by atoms with Crippen molar-refractivity contribution in [3.8, 4) is 0 Å². The van der Waals surface area contributed by atoms with Gasteiger partial charge >= 0.3 is 0 Å². The Bertz CT molecular complexity index is 621. The van der Waals surface area contributed by atoms with Crippen LogP contribution >= 0.6 is 11.3 Å². The molecule has 0 aliphatic carbocycles. The molecule has 0 radical (unpaired) electrons. The van der Waals surface area contributed by atoms with E-state index in [9.17, 15) is 0 Å². The first-order chi connectivity index (χ1) is 6.75. The normalized spacial score (nSPS) is 11.6. The molecule has 0 N–H and O–H groups in total. The highest BCUT2D eigenvalue weighted by atomic mass is 32.1. The molecule has 14 heavy (non-hydrogen) atoms. The lowest BCUT2D eigenvalue weighted by atomic mass is 10.2. The summed E-state index contributed by atoms with van der Waals surface area (Å²) in [6.45, 7) is 2.03. The largest absolute Gasteiger partial charge is 0.266 e. The summed E-state index contributed by atoms with van der Waals surface area (Å²) < 4.78 is 3.15. The van der Waals surface area contributed by atoms with Crippen LogP contribution in [-0.2, 0) is 7.05 Å². The molecule has 3 aromatic rings. The maximum atomic E-state index is 4.46. The van der Waals surface area contributed by atoms with E-state index < -0.39 is 0 Å². The topological polar surface area (TPSA) is 30.7 Å². The molecular formula is C10H9N3S. The first-order valence-corrected chi connectivity index (χ1v) is 5.25. The highest BCUT2D eigenvalue weighted by Crippen LogP contribution is 2.29. The summed E-state index contributed by atoms with van der Waals surface area (Å²) in [5.41, 5.74) is 2.26. The Kier molecular flexibility index (Phi) is 1.44. The van der Waals surface area contributed by atoms with Gasteiger partial charge in [-0.05, 0) is 19.1 Å². The van der Waals surface area contributed by atoms with Gasteiger partial charge in [-0.15, -0.1) is 11.3 Å². The number of benzene rings is 1. The van der Waals surface area contributed by atoms with E-state index in [0.29, 0.717) is 0 Å². The van der Waals surface area contributed by atoms with Crippen LogP contribution in [0.15, 0.2) is 18.3 Å². The summed E-state index contributed by atoms with van der Waals surface area (Å²) in [7, 11) is 1.97. The summed E-state index contributed by atoms with van der Waals surface area (Å²) >= 11 is 1.73. The van der Waals surface area contributed by atoms with Crippen LogP contribution in [0.5, 0.6) is 0 Å². The Labute approximate surface area is 85.0 Å². The third kappa shape index (κ3) is 0.915. The van der Waals surface area contributed by atoms with E-state index in [2.05, 4.69) is 22.2 Å². The summed E-state index contributed by atoms with van der Waals surface area (Å²) in [5, 5.41) is 6.54. The molecule has 0 aliphatic heterocycles. The molecule has 0 aliphatic rings. The third-order valence-electron chi connectivity index (χ3n) is 2.36. The quantitative estimate of drug-likeness (QED) is 0.562. The Morgan fingerprint density at radius 1 is 1.36 bits per heavy atom. The van der Waals surface area contributed by atoms with E-state index in [4.69, 9.17) is 0 Å². The lowest BCUT2D eigenvalue weighted by Crippen LogP contribution is -1.88. The molecule has 0 amide bonds. The summed E-state index contributed by atoms with van der Waals surface area (Å²) in [6, 6.07) is 4.13. The van der Waals surface area contributed by atoms with Gasteiger partial charge in [0.15, 0.2) is 0 Å². The molecule has 4 heteroatoms. The van der Waals surface area contributed by atoms with Crippen LogP contribution in [0.2, 0.25) is 0 Å². The summed E-state index contributed by atoms with van der Waals surface area (Å²) in [5.74, 6) is 0. The van der Waals surface area contributed by atoms with Gasteiger partial charge in [0.2, 0.25) is 0 Å². The zero-order valence-electron chi connectivity index (χ0n) is 7.98. The summed E-state index contributed by atoms with van der Waals surface area (Å²) in [4.78, 5) is 4.46. The lowest BCUT2D eigenvalue weighted by Gasteiger charge is -1.94. The molecule has 3 rings (SSSR count). The van der Waals surface area contributed by atoms with E-state index in [1.165, 1.54) is 15.6 Å². The molecule has 0 saturated heterocycles. The van der Waals surface area contributed by atoms with Crippen LogP contribution in [0.3, 0.4) is 0 Å². The van der Waals surface area contributed by atoms with Crippen LogP contribution in [-0.4, -0.2) is 14.8 Å². The van der Waals surface area contributed by atoms with Crippen molar-refractivity contribution in [2.75, 3.05) is 0 Å². The molecule has 3 nitrogen and oxygen atoms in total. The SMILES string of the molecule is Cc1nc2ccc3cnn(C)c3c2s1. The number of hydrogen-bond acceptors (Lipinski definition) is 3. The predicted octanol–water partition coefficient (Wildman–Crippen LogP) is 2.49. The van der Waals surface area contributed by atoms with E-state index in [-0.39, 0.29) is 0 Å². The molecule has 0 bridgehead atoms. The van der Waals surface area contributed by atoms with Gasteiger partial charge in [0.25, 0.3) is 0 Å². The standard InChI is InChI=1S/C10H9N3S/c1-6-12-8-4-3-7-5-11-13(2)9(7)10(8)14-6/h3-5H,1-2H3. The van der Waals surface area contributed by atoms with E-state index in [1.54, 1.807) is 11.3 Å². The molecule has 0 fully saturated rings. The Morgan fingerprint density at radius 3 is 3.07 bits per heavy atom. The number of nitrogens with zero attached hydrogens (tertiary/aromatic N) is 3. The average molecular weight is 203 g/mol. The molecule has 1 aromatic carbocycles. The van der Waals surface area contributed by atoms with E-state index in [1.807, 2.05) is 24.9 Å². The molecule has 2 aromatic heterocycles. The number of rotatable bonds is 0. The Morgan fingerprint density at radius 2 is 2.21 bits per heavy atom. The van der Waals surface area contributed by atoms with Crippen LogP contribution < -0.4 is 0 Å². The molecule has 2 heterocycles. The fourth-order valence-corrected chi connectivity index (χ4v) is 2.75. The molecular weight excluding hydrogens is 194 g/mol. The minimum atomic E-state index is 1.07. The molecule has 0 atom stereocenters. The third-order valence-corrected chi connectivity index (χ3v) is 3.36. The Hall–Kier alpha value is -1.42.